The van der Waals surface area contributed by atoms with Gasteiger partial charge in [-0.2, -0.15) is 4.98 Å². The van der Waals surface area contributed by atoms with Crippen molar-refractivity contribution in [3.05, 3.63) is 53.0 Å². The molecule has 1 atom stereocenters. The standard InChI is InChI=1S/C19H18FN3O2S2/c20-13-5-1-4-12-14(9-11-27-18(12)13)21-16(24)7-2-8-17-22-19(23-25-17)15-6-3-10-26-15/h1,3-6,10,14H,2,7-9,11H2,(H,21,24). The molecule has 1 amide bonds. The number of carbonyl (C=O) groups is 1. The van der Waals surface area contributed by atoms with Crippen LogP contribution in [0.4, 0.5) is 4.39 Å². The Morgan fingerprint density at radius 2 is 2.26 bits per heavy atom. The smallest absolute Gasteiger partial charge is 0.226 e. The highest BCUT2D eigenvalue weighted by molar-refractivity contribution is 7.99. The van der Waals surface area contributed by atoms with Gasteiger partial charge in [-0.15, -0.1) is 23.1 Å². The summed E-state index contributed by atoms with van der Waals surface area (Å²) in [6.45, 7) is 0. The first kappa shape index (κ1) is 18.2. The van der Waals surface area contributed by atoms with Gasteiger partial charge in [0, 0.05) is 23.5 Å². The predicted molar refractivity (Wildman–Crippen MR) is 103 cm³/mol. The van der Waals surface area contributed by atoms with Crippen LogP contribution in [0.2, 0.25) is 0 Å². The molecule has 4 rings (SSSR count). The van der Waals surface area contributed by atoms with Gasteiger partial charge in [0.25, 0.3) is 0 Å². The van der Waals surface area contributed by atoms with Crippen molar-refractivity contribution >= 4 is 29.0 Å². The number of carbonyl (C=O) groups excluding carboxylic acids is 1. The third kappa shape index (κ3) is 4.22. The first-order valence-electron chi connectivity index (χ1n) is 8.78. The Hall–Kier alpha value is -2.19. The van der Waals surface area contributed by atoms with E-state index in [0.717, 1.165) is 22.6 Å². The maximum absolute atomic E-state index is 13.9. The van der Waals surface area contributed by atoms with Crippen LogP contribution in [0.1, 0.15) is 36.8 Å². The van der Waals surface area contributed by atoms with Crippen molar-refractivity contribution in [3.8, 4) is 10.7 Å². The van der Waals surface area contributed by atoms with Crippen molar-refractivity contribution in [1.82, 2.24) is 15.5 Å². The number of hydrogen-bond donors (Lipinski definition) is 1. The lowest BCUT2D eigenvalue weighted by Gasteiger charge is -2.26. The van der Waals surface area contributed by atoms with Gasteiger partial charge in [-0.1, -0.05) is 23.4 Å². The summed E-state index contributed by atoms with van der Waals surface area (Å²) in [5, 5.41) is 8.96. The van der Waals surface area contributed by atoms with Crippen LogP contribution in [0.3, 0.4) is 0 Å². The summed E-state index contributed by atoms with van der Waals surface area (Å²) in [7, 11) is 0. The minimum atomic E-state index is -0.214. The van der Waals surface area contributed by atoms with E-state index in [9.17, 15) is 9.18 Å². The molecule has 1 aliphatic rings. The SMILES string of the molecule is O=C(CCCc1nc(-c2cccs2)no1)NC1CCSc2c(F)cccc21. The Kier molecular flexibility index (Phi) is 5.54. The van der Waals surface area contributed by atoms with Crippen molar-refractivity contribution in [2.75, 3.05) is 5.75 Å². The van der Waals surface area contributed by atoms with Crippen LogP contribution in [-0.2, 0) is 11.2 Å². The summed E-state index contributed by atoms with van der Waals surface area (Å²) in [5.41, 5.74) is 0.872. The second-order valence-corrected chi connectivity index (χ2v) is 8.31. The van der Waals surface area contributed by atoms with Gasteiger partial charge in [-0.05, 0) is 35.9 Å². The molecule has 140 valence electrons. The van der Waals surface area contributed by atoms with E-state index >= 15 is 0 Å². The minimum absolute atomic E-state index is 0.0416. The highest BCUT2D eigenvalue weighted by atomic mass is 32.2. The number of aryl methyl sites for hydroxylation is 1. The number of hydrogen-bond acceptors (Lipinski definition) is 6. The second kappa shape index (κ2) is 8.22. The van der Waals surface area contributed by atoms with Crippen molar-refractivity contribution in [3.63, 3.8) is 0 Å². The Balaban J connectivity index is 1.29. The number of nitrogens with one attached hydrogen (secondary N) is 1. The highest BCUT2D eigenvalue weighted by Crippen LogP contribution is 2.37. The molecule has 0 bridgehead atoms. The molecule has 3 heterocycles. The number of fused-ring (bicyclic) bond motifs is 1. The lowest BCUT2D eigenvalue weighted by Crippen LogP contribution is -2.30. The number of nitrogens with zero attached hydrogens (tertiary/aromatic N) is 2. The summed E-state index contributed by atoms with van der Waals surface area (Å²) >= 11 is 3.06. The number of amides is 1. The highest BCUT2D eigenvalue weighted by Gasteiger charge is 2.24. The van der Waals surface area contributed by atoms with Gasteiger partial charge in [0.1, 0.15) is 5.82 Å². The van der Waals surface area contributed by atoms with Crippen LogP contribution >= 0.6 is 23.1 Å². The number of benzene rings is 1. The van der Waals surface area contributed by atoms with E-state index in [1.165, 1.54) is 17.8 Å². The monoisotopic (exact) mass is 403 g/mol. The molecule has 1 aromatic carbocycles. The van der Waals surface area contributed by atoms with Gasteiger partial charge in [-0.3, -0.25) is 4.79 Å². The molecule has 5 nitrogen and oxygen atoms in total. The van der Waals surface area contributed by atoms with Crippen LogP contribution in [-0.4, -0.2) is 21.8 Å². The maximum atomic E-state index is 13.9. The average molecular weight is 404 g/mol. The second-order valence-electron chi connectivity index (χ2n) is 6.26. The van der Waals surface area contributed by atoms with Crippen LogP contribution < -0.4 is 5.32 Å². The largest absolute Gasteiger partial charge is 0.349 e. The zero-order valence-corrected chi connectivity index (χ0v) is 16.1. The van der Waals surface area contributed by atoms with Gasteiger partial charge in [0.2, 0.25) is 17.6 Å². The number of thiophene rings is 1. The summed E-state index contributed by atoms with van der Waals surface area (Å²) < 4.78 is 19.2. The number of aromatic nitrogens is 2. The molecule has 2 aromatic heterocycles. The molecule has 1 unspecified atom stereocenters. The minimum Gasteiger partial charge on any atom is -0.349 e. The van der Waals surface area contributed by atoms with Crippen LogP contribution in [0.25, 0.3) is 10.7 Å². The molecule has 0 saturated heterocycles. The van der Waals surface area contributed by atoms with Gasteiger partial charge < -0.3 is 9.84 Å². The lowest BCUT2D eigenvalue weighted by molar-refractivity contribution is -0.122. The van der Waals surface area contributed by atoms with E-state index in [0.29, 0.717) is 35.9 Å². The molecule has 1 N–H and O–H groups in total. The molecular formula is C19H18FN3O2S2. The Morgan fingerprint density at radius 1 is 1.33 bits per heavy atom. The van der Waals surface area contributed by atoms with E-state index < -0.39 is 0 Å². The van der Waals surface area contributed by atoms with E-state index in [1.54, 1.807) is 17.4 Å². The van der Waals surface area contributed by atoms with E-state index in [1.807, 2.05) is 23.6 Å². The fourth-order valence-corrected chi connectivity index (χ4v) is 4.86. The topological polar surface area (TPSA) is 68.0 Å². The molecule has 0 radical (unpaired) electrons. The summed E-state index contributed by atoms with van der Waals surface area (Å²) in [4.78, 5) is 18.3. The van der Waals surface area contributed by atoms with Crippen molar-refractivity contribution in [2.24, 2.45) is 0 Å². The Labute approximate surface area is 164 Å². The van der Waals surface area contributed by atoms with E-state index in [4.69, 9.17) is 4.52 Å². The molecular weight excluding hydrogens is 385 g/mol. The molecule has 0 fully saturated rings. The lowest BCUT2D eigenvalue weighted by atomic mass is 10.0. The summed E-state index contributed by atoms with van der Waals surface area (Å²) in [5.74, 6) is 1.66. The van der Waals surface area contributed by atoms with Crippen molar-refractivity contribution in [2.45, 2.75) is 36.6 Å². The van der Waals surface area contributed by atoms with E-state index in [-0.39, 0.29) is 17.8 Å². The molecule has 0 saturated carbocycles. The van der Waals surface area contributed by atoms with Gasteiger partial charge in [0.15, 0.2) is 0 Å². The fourth-order valence-electron chi connectivity index (χ4n) is 3.07. The maximum Gasteiger partial charge on any atom is 0.226 e. The van der Waals surface area contributed by atoms with Crippen molar-refractivity contribution in [1.29, 1.82) is 0 Å². The molecule has 3 aromatic rings. The number of rotatable bonds is 6. The quantitative estimate of drug-likeness (QED) is 0.651. The third-order valence-corrected chi connectivity index (χ3v) is 6.39. The van der Waals surface area contributed by atoms with Crippen molar-refractivity contribution < 1.29 is 13.7 Å². The van der Waals surface area contributed by atoms with Crippen LogP contribution in [0.15, 0.2) is 45.1 Å². The van der Waals surface area contributed by atoms with Gasteiger partial charge >= 0.3 is 0 Å². The zero-order chi connectivity index (χ0) is 18.6. The molecule has 1 aliphatic heterocycles. The molecule has 8 heteroatoms. The zero-order valence-electron chi connectivity index (χ0n) is 14.5. The Morgan fingerprint density at radius 3 is 3.11 bits per heavy atom. The summed E-state index contributed by atoms with van der Waals surface area (Å²) in [6, 6.07) is 8.80. The predicted octanol–water partition coefficient (Wildman–Crippen LogP) is 4.61. The summed E-state index contributed by atoms with van der Waals surface area (Å²) in [6.07, 6.45) is 2.35. The molecule has 0 aliphatic carbocycles. The molecule has 0 spiro atoms. The van der Waals surface area contributed by atoms with E-state index in [2.05, 4.69) is 15.5 Å². The number of thioether (sulfide) groups is 1. The molecule has 27 heavy (non-hydrogen) atoms. The fraction of sp³-hybridized carbons (Fsp3) is 0.316. The van der Waals surface area contributed by atoms with Gasteiger partial charge in [-0.25, -0.2) is 4.39 Å². The van der Waals surface area contributed by atoms with Crippen LogP contribution in [0.5, 0.6) is 0 Å². The Bertz CT molecular complexity index is 927. The van der Waals surface area contributed by atoms with Gasteiger partial charge in [0.05, 0.1) is 10.9 Å². The average Bonchev–Trinajstić information content (AvgIpc) is 3.34. The first-order valence-corrected chi connectivity index (χ1v) is 10.6. The van der Waals surface area contributed by atoms with Crippen LogP contribution in [0, 0.1) is 5.82 Å². The normalized spacial score (nSPS) is 16.1. The number of halogens is 1. The first-order chi connectivity index (χ1) is 13.2. The third-order valence-electron chi connectivity index (χ3n) is 4.37.